The van der Waals surface area contributed by atoms with Gasteiger partial charge in [-0.3, -0.25) is 24.3 Å². The zero-order chi connectivity index (χ0) is 23.2. The van der Waals surface area contributed by atoms with Crippen LogP contribution in [0.15, 0.2) is 53.3 Å². The van der Waals surface area contributed by atoms with Gasteiger partial charge in [-0.15, -0.1) is 0 Å². The number of aromatic nitrogens is 1. The molecule has 0 saturated heterocycles. The number of pyridine rings is 1. The minimum atomic E-state index is -1.10. The monoisotopic (exact) mass is 438 g/mol. The third-order valence-corrected chi connectivity index (χ3v) is 5.64. The summed E-state index contributed by atoms with van der Waals surface area (Å²) in [6.45, 7) is 3.82. The highest BCUT2D eigenvalue weighted by Crippen LogP contribution is 2.35. The highest BCUT2D eigenvalue weighted by atomic mass is 19.2. The number of rotatable bonds is 4. The van der Waals surface area contributed by atoms with Crippen molar-refractivity contribution < 1.29 is 18.5 Å². The summed E-state index contributed by atoms with van der Waals surface area (Å²) in [6.07, 6.45) is 0.736. The Morgan fingerprint density at radius 3 is 2.47 bits per heavy atom. The van der Waals surface area contributed by atoms with Crippen molar-refractivity contribution >= 4 is 11.5 Å². The van der Waals surface area contributed by atoms with Crippen molar-refractivity contribution in [2.75, 3.05) is 0 Å². The van der Waals surface area contributed by atoms with Crippen molar-refractivity contribution in [3.05, 3.63) is 103 Å². The summed E-state index contributed by atoms with van der Waals surface area (Å²) >= 11 is 0. The van der Waals surface area contributed by atoms with Crippen molar-refractivity contribution in [2.45, 2.75) is 33.1 Å². The van der Waals surface area contributed by atoms with Crippen LogP contribution in [0, 0.1) is 27.2 Å². The predicted molar refractivity (Wildman–Crippen MR) is 114 cm³/mol. The van der Waals surface area contributed by atoms with E-state index in [-0.39, 0.29) is 35.6 Å². The van der Waals surface area contributed by atoms with Crippen LogP contribution in [0.2, 0.25) is 0 Å². The molecule has 0 atom stereocenters. The normalized spacial score (nSPS) is 14.8. The smallest absolute Gasteiger partial charge is 0.269 e. The Morgan fingerprint density at radius 2 is 1.78 bits per heavy atom. The van der Waals surface area contributed by atoms with E-state index in [1.807, 2.05) is 13.8 Å². The summed E-state index contributed by atoms with van der Waals surface area (Å²) in [5.74, 6) is -2.29. The molecule has 164 valence electrons. The molecule has 1 aliphatic rings. The summed E-state index contributed by atoms with van der Waals surface area (Å²) in [6, 6.07) is 10.6. The lowest BCUT2D eigenvalue weighted by Gasteiger charge is -2.32. The molecule has 0 fully saturated rings. The summed E-state index contributed by atoms with van der Waals surface area (Å²) in [4.78, 5) is 37.0. The van der Waals surface area contributed by atoms with Gasteiger partial charge in [0.05, 0.1) is 10.6 Å². The van der Waals surface area contributed by atoms with Gasteiger partial charge in [0.2, 0.25) is 0 Å². The fourth-order valence-corrected chi connectivity index (χ4v) is 4.19. The van der Waals surface area contributed by atoms with Gasteiger partial charge in [0.1, 0.15) is 0 Å². The first-order valence-electron chi connectivity index (χ1n) is 10.1. The van der Waals surface area contributed by atoms with Crippen LogP contribution >= 0.6 is 0 Å². The van der Waals surface area contributed by atoms with Crippen LogP contribution in [0.25, 0.3) is 5.69 Å². The largest absolute Gasteiger partial charge is 0.294 e. The molecule has 0 amide bonds. The number of Topliss-reactive ketones (excluding diaryl/α,β-unsaturated/α-hetero) is 1. The third kappa shape index (κ3) is 3.95. The van der Waals surface area contributed by atoms with E-state index in [1.165, 1.54) is 34.9 Å². The molecule has 0 radical (unpaired) electrons. The number of non-ortho nitro benzene ring substituents is 1. The van der Waals surface area contributed by atoms with E-state index in [0.29, 0.717) is 23.2 Å². The van der Waals surface area contributed by atoms with Crippen molar-refractivity contribution in [1.82, 2.24) is 4.57 Å². The molecule has 1 aliphatic carbocycles. The first kappa shape index (κ1) is 21.5. The molecule has 8 heteroatoms. The predicted octanol–water partition coefficient (Wildman–Crippen LogP) is 4.77. The Balaban J connectivity index is 1.93. The molecule has 6 nitrogen and oxygen atoms in total. The van der Waals surface area contributed by atoms with Crippen molar-refractivity contribution in [1.29, 1.82) is 0 Å². The average Bonchev–Trinajstić information content (AvgIpc) is 2.71. The molecule has 32 heavy (non-hydrogen) atoms. The first-order chi connectivity index (χ1) is 15.1. The molecule has 0 spiro atoms. The highest BCUT2D eigenvalue weighted by molar-refractivity contribution is 5.99. The molecule has 4 rings (SSSR count). The summed E-state index contributed by atoms with van der Waals surface area (Å²) in [5.41, 5.74) is 0.693. The topological polar surface area (TPSA) is 82.2 Å². The Morgan fingerprint density at radius 1 is 1.03 bits per heavy atom. The number of halogens is 2. The van der Waals surface area contributed by atoms with Gasteiger partial charge >= 0.3 is 0 Å². The summed E-state index contributed by atoms with van der Waals surface area (Å²) in [7, 11) is 0. The second kappa shape index (κ2) is 7.78. The van der Waals surface area contributed by atoms with Crippen LogP contribution < -0.4 is 5.56 Å². The SMILES string of the molecule is CC1(C)CC(=O)c2cc(Cc3cccc([N+](=O)[O-])c3)c(=O)n(-c3ccc(F)c(F)c3)c2C1. The number of carbonyl (C=O) groups is 1. The van der Waals surface area contributed by atoms with E-state index in [9.17, 15) is 28.5 Å². The Kier molecular flexibility index (Phi) is 5.24. The van der Waals surface area contributed by atoms with E-state index in [2.05, 4.69) is 0 Å². The van der Waals surface area contributed by atoms with Gasteiger partial charge in [0, 0.05) is 47.9 Å². The van der Waals surface area contributed by atoms with E-state index in [4.69, 9.17) is 0 Å². The zero-order valence-electron chi connectivity index (χ0n) is 17.5. The minimum Gasteiger partial charge on any atom is -0.294 e. The third-order valence-electron chi connectivity index (χ3n) is 5.64. The van der Waals surface area contributed by atoms with Gasteiger partial charge in [-0.05, 0) is 35.6 Å². The number of ketones is 1. The lowest BCUT2D eigenvalue weighted by molar-refractivity contribution is -0.384. The average molecular weight is 438 g/mol. The van der Waals surface area contributed by atoms with Crippen molar-refractivity contribution in [3.8, 4) is 5.69 Å². The highest BCUT2D eigenvalue weighted by Gasteiger charge is 2.34. The Labute approximate surface area is 182 Å². The lowest BCUT2D eigenvalue weighted by atomic mass is 9.75. The number of hydrogen-bond donors (Lipinski definition) is 0. The lowest BCUT2D eigenvalue weighted by Crippen LogP contribution is -2.35. The molecule has 1 aromatic heterocycles. The second-order valence-electron chi connectivity index (χ2n) is 8.81. The van der Waals surface area contributed by atoms with Gasteiger partial charge in [-0.25, -0.2) is 8.78 Å². The molecular weight excluding hydrogens is 418 g/mol. The maximum atomic E-state index is 14.0. The molecule has 3 aromatic rings. The van der Waals surface area contributed by atoms with Crippen LogP contribution in [0.5, 0.6) is 0 Å². The van der Waals surface area contributed by atoms with Gasteiger partial charge in [-0.2, -0.15) is 0 Å². The van der Waals surface area contributed by atoms with E-state index in [0.717, 1.165) is 12.1 Å². The molecule has 2 aromatic carbocycles. The first-order valence-corrected chi connectivity index (χ1v) is 10.1. The molecular formula is C24H20F2N2O4. The van der Waals surface area contributed by atoms with E-state index >= 15 is 0 Å². The number of nitro benzene ring substituents is 1. The van der Waals surface area contributed by atoms with Crippen molar-refractivity contribution in [2.24, 2.45) is 5.41 Å². The maximum absolute atomic E-state index is 14.0. The van der Waals surface area contributed by atoms with Crippen LogP contribution in [-0.4, -0.2) is 15.3 Å². The van der Waals surface area contributed by atoms with Crippen LogP contribution in [0.1, 0.15) is 47.4 Å². The number of hydrogen-bond acceptors (Lipinski definition) is 4. The maximum Gasteiger partial charge on any atom is 0.269 e. The van der Waals surface area contributed by atoms with E-state index < -0.39 is 27.5 Å². The fourth-order valence-electron chi connectivity index (χ4n) is 4.19. The molecule has 0 N–H and O–H groups in total. The Hall–Kier alpha value is -3.68. The Bertz CT molecular complexity index is 1330. The number of nitro groups is 1. The van der Waals surface area contributed by atoms with Crippen LogP contribution in [0.4, 0.5) is 14.5 Å². The summed E-state index contributed by atoms with van der Waals surface area (Å²) < 4.78 is 28.8. The van der Waals surface area contributed by atoms with Crippen molar-refractivity contribution in [3.63, 3.8) is 0 Å². The quantitative estimate of drug-likeness (QED) is 0.434. The molecule has 0 saturated carbocycles. The number of nitrogens with zero attached hydrogens (tertiary/aromatic N) is 2. The van der Waals surface area contributed by atoms with E-state index in [1.54, 1.807) is 6.07 Å². The fraction of sp³-hybridized carbons (Fsp3) is 0.250. The van der Waals surface area contributed by atoms with Gasteiger partial charge in [0.25, 0.3) is 11.2 Å². The molecule has 0 aliphatic heterocycles. The summed E-state index contributed by atoms with van der Waals surface area (Å²) in [5, 5.41) is 11.1. The number of carbonyl (C=O) groups excluding carboxylic acids is 1. The van der Waals surface area contributed by atoms with Crippen LogP contribution in [-0.2, 0) is 12.8 Å². The van der Waals surface area contributed by atoms with Gasteiger partial charge in [-0.1, -0.05) is 26.0 Å². The standard InChI is InChI=1S/C24H20F2N2O4/c1-24(2)12-21-18(22(29)13-24)10-15(8-14-4-3-5-17(9-14)28(31)32)23(30)27(21)16-6-7-19(25)20(26)11-16/h3-7,9-11H,8,12-13H2,1-2H3. The molecule has 0 bridgehead atoms. The number of benzene rings is 2. The molecule has 0 unspecified atom stereocenters. The number of fused-ring (bicyclic) bond motifs is 1. The second-order valence-corrected chi connectivity index (χ2v) is 8.81. The molecule has 1 heterocycles. The van der Waals surface area contributed by atoms with Gasteiger partial charge < -0.3 is 0 Å². The van der Waals surface area contributed by atoms with Gasteiger partial charge in [0.15, 0.2) is 17.4 Å². The van der Waals surface area contributed by atoms with Crippen LogP contribution in [0.3, 0.4) is 0 Å². The minimum absolute atomic E-state index is 0.0497. The zero-order valence-corrected chi connectivity index (χ0v) is 17.5.